The van der Waals surface area contributed by atoms with Crippen LogP contribution in [0.2, 0.25) is 0 Å². The summed E-state index contributed by atoms with van der Waals surface area (Å²) in [6, 6.07) is 5.07. The third-order valence-electron chi connectivity index (χ3n) is 5.31. The van der Waals surface area contributed by atoms with Crippen LogP contribution in [0.3, 0.4) is 0 Å². The van der Waals surface area contributed by atoms with Crippen molar-refractivity contribution in [3.8, 4) is 0 Å². The predicted octanol–water partition coefficient (Wildman–Crippen LogP) is 1.76. The maximum atomic E-state index is 10.3. The third-order valence-corrected chi connectivity index (χ3v) is 5.31. The van der Waals surface area contributed by atoms with Crippen LogP contribution in [0.4, 0.5) is 11.4 Å². The Morgan fingerprint density at radius 2 is 1.50 bits per heavy atom. The van der Waals surface area contributed by atoms with E-state index in [2.05, 4.69) is 5.32 Å². The Labute approximate surface area is 154 Å². The fourth-order valence-corrected chi connectivity index (χ4v) is 3.89. The Bertz CT molecular complexity index is 593. The van der Waals surface area contributed by atoms with E-state index in [0.717, 1.165) is 30.3 Å². The second-order valence-corrected chi connectivity index (χ2v) is 7.30. The molecule has 26 heavy (non-hydrogen) atoms. The van der Waals surface area contributed by atoms with Gasteiger partial charge in [0, 0.05) is 23.4 Å². The number of quaternary nitrogens is 1. The van der Waals surface area contributed by atoms with Crippen molar-refractivity contribution < 1.29 is 20.1 Å². The van der Waals surface area contributed by atoms with E-state index in [1.54, 1.807) is 0 Å². The Hall–Kier alpha value is -2.15. The highest BCUT2D eigenvalue weighted by atomic mass is 16.6. The van der Waals surface area contributed by atoms with E-state index >= 15 is 0 Å². The molecule has 7 nitrogen and oxygen atoms in total. The number of nitro benzene ring substituents is 1. The average molecular weight is 363 g/mol. The molecule has 0 heterocycles. The van der Waals surface area contributed by atoms with Gasteiger partial charge < -0.3 is 21.0 Å². The van der Waals surface area contributed by atoms with E-state index in [4.69, 9.17) is 5.73 Å². The largest absolute Gasteiger partial charge is 0.545 e. The average Bonchev–Trinajstić information content (AvgIpc) is 2.63. The van der Waals surface area contributed by atoms with Gasteiger partial charge in [0.25, 0.3) is 5.69 Å². The molecule has 0 saturated heterocycles. The zero-order valence-electron chi connectivity index (χ0n) is 15.2. The summed E-state index contributed by atoms with van der Waals surface area (Å²) in [6.07, 6.45) is 15.0. The van der Waals surface area contributed by atoms with E-state index in [9.17, 15) is 20.0 Å². The quantitative estimate of drug-likeness (QED) is 0.479. The number of nitro groups is 1. The van der Waals surface area contributed by atoms with Gasteiger partial charge in [-0.15, -0.1) is 0 Å². The number of nitrogens with zero attached hydrogens (tertiary/aromatic N) is 1. The highest BCUT2D eigenvalue weighted by Crippen LogP contribution is 2.19. The molecule has 2 saturated carbocycles. The van der Waals surface area contributed by atoms with Gasteiger partial charge >= 0.3 is 0 Å². The van der Waals surface area contributed by atoms with Crippen LogP contribution < -0.4 is 16.2 Å². The number of aromatic carboxylic acids is 1. The van der Waals surface area contributed by atoms with Crippen LogP contribution in [0, 0.1) is 10.1 Å². The molecule has 2 fully saturated rings. The molecule has 3 rings (SSSR count). The molecule has 0 unspecified atom stereocenters. The highest BCUT2D eigenvalue weighted by molar-refractivity contribution is 5.92. The summed E-state index contributed by atoms with van der Waals surface area (Å²) < 4.78 is 0. The molecule has 4 N–H and O–H groups in total. The van der Waals surface area contributed by atoms with E-state index in [0.29, 0.717) is 0 Å². The van der Waals surface area contributed by atoms with Crippen molar-refractivity contribution in [1.29, 1.82) is 0 Å². The number of nitrogens with two attached hydrogens (primary N) is 2. The summed E-state index contributed by atoms with van der Waals surface area (Å²) in [5.74, 6) is -1.45. The number of anilines is 1. The maximum absolute atomic E-state index is 10.3. The van der Waals surface area contributed by atoms with Crippen molar-refractivity contribution in [2.75, 3.05) is 5.73 Å². The van der Waals surface area contributed by atoms with Gasteiger partial charge in [-0.25, -0.2) is 0 Å². The lowest BCUT2D eigenvalue weighted by Crippen LogP contribution is -2.95. The zero-order valence-corrected chi connectivity index (χ0v) is 15.2. The number of rotatable bonds is 4. The minimum Gasteiger partial charge on any atom is -0.545 e. The molecule has 7 heteroatoms. The highest BCUT2D eigenvalue weighted by Gasteiger charge is 2.22. The monoisotopic (exact) mass is 363 g/mol. The van der Waals surface area contributed by atoms with Crippen molar-refractivity contribution in [2.24, 2.45) is 0 Å². The standard InChI is InChI=1S/C12H23N.C7H6N2O4/c1-3-7-11(8-4-1)13-12-9-5-2-6-10-12;8-6-3-4(9(12)13)1-2-5(6)7(10)11/h11-13H,1-10H2;1-3H,8H2,(H,10,11). The van der Waals surface area contributed by atoms with Crippen molar-refractivity contribution in [3.63, 3.8) is 0 Å². The zero-order chi connectivity index (χ0) is 18.9. The number of nitrogen functional groups attached to an aromatic ring is 1. The molecule has 0 amide bonds. The molecule has 1 aromatic carbocycles. The van der Waals surface area contributed by atoms with Gasteiger partial charge in [-0.2, -0.15) is 0 Å². The smallest absolute Gasteiger partial charge is 0.271 e. The van der Waals surface area contributed by atoms with Crippen molar-refractivity contribution in [3.05, 3.63) is 33.9 Å². The first-order valence-electron chi connectivity index (χ1n) is 9.57. The van der Waals surface area contributed by atoms with Crippen LogP contribution in [-0.4, -0.2) is 23.0 Å². The summed E-state index contributed by atoms with van der Waals surface area (Å²) in [7, 11) is 0. The number of carbonyl (C=O) groups is 1. The lowest BCUT2D eigenvalue weighted by Gasteiger charge is -2.27. The van der Waals surface area contributed by atoms with E-state index < -0.39 is 10.9 Å². The summed E-state index contributed by atoms with van der Waals surface area (Å²) in [6.45, 7) is 0. The minimum atomic E-state index is -1.45. The summed E-state index contributed by atoms with van der Waals surface area (Å²) in [5, 5.41) is 23.3. The van der Waals surface area contributed by atoms with Crippen molar-refractivity contribution in [2.45, 2.75) is 76.3 Å². The molecule has 1 aromatic rings. The van der Waals surface area contributed by atoms with E-state index in [1.165, 1.54) is 64.2 Å². The molecule has 144 valence electrons. The van der Waals surface area contributed by atoms with Crippen LogP contribution >= 0.6 is 0 Å². The van der Waals surface area contributed by atoms with Crippen molar-refractivity contribution in [1.82, 2.24) is 0 Å². The normalized spacial score (nSPS) is 18.6. The maximum Gasteiger partial charge on any atom is 0.271 e. The number of carbonyl (C=O) groups excluding carboxylic acids is 1. The molecular weight excluding hydrogens is 334 g/mol. The molecule has 0 radical (unpaired) electrons. The van der Waals surface area contributed by atoms with Crippen LogP contribution in [0.15, 0.2) is 18.2 Å². The number of carboxylic acids is 1. The Balaban J connectivity index is 0.000000187. The lowest BCUT2D eigenvalue weighted by atomic mass is 9.91. The Morgan fingerprint density at radius 1 is 1.00 bits per heavy atom. The molecule has 0 aromatic heterocycles. The van der Waals surface area contributed by atoms with Crippen LogP contribution in [0.5, 0.6) is 0 Å². The van der Waals surface area contributed by atoms with Gasteiger partial charge in [0.05, 0.1) is 23.0 Å². The Morgan fingerprint density at radius 3 is 1.88 bits per heavy atom. The lowest BCUT2D eigenvalue weighted by molar-refractivity contribution is -0.725. The second-order valence-electron chi connectivity index (χ2n) is 7.30. The van der Waals surface area contributed by atoms with Gasteiger partial charge in [-0.3, -0.25) is 10.1 Å². The first-order valence-corrected chi connectivity index (χ1v) is 9.57. The molecule has 0 atom stereocenters. The van der Waals surface area contributed by atoms with Crippen LogP contribution in [0.1, 0.15) is 74.6 Å². The first-order chi connectivity index (χ1) is 12.5. The second kappa shape index (κ2) is 10.1. The van der Waals surface area contributed by atoms with E-state index in [-0.39, 0.29) is 16.9 Å². The molecular formula is C19H29N3O4. The number of non-ortho nitro benzene ring substituents is 1. The minimum absolute atomic E-state index is 0.172. The van der Waals surface area contributed by atoms with E-state index in [1.807, 2.05) is 0 Å². The van der Waals surface area contributed by atoms with Gasteiger partial charge in [-0.1, -0.05) is 12.8 Å². The molecule has 0 aliphatic heterocycles. The molecule has 0 bridgehead atoms. The summed E-state index contributed by atoms with van der Waals surface area (Å²) >= 11 is 0. The molecule has 0 spiro atoms. The molecule has 2 aliphatic carbocycles. The summed E-state index contributed by atoms with van der Waals surface area (Å²) in [5.41, 5.74) is 4.57. The fraction of sp³-hybridized carbons (Fsp3) is 0.632. The van der Waals surface area contributed by atoms with Crippen LogP contribution in [0.25, 0.3) is 0 Å². The Kier molecular flexibility index (Phi) is 7.84. The van der Waals surface area contributed by atoms with Gasteiger partial charge in [-0.05, 0) is 57.4 Å². The van der Waals surface area contributed by atoms with Crippen molar-refractivity contribution >= 4 is 17.3 Å². The number of carboxylic acid groups (broad SMARTS) is 1. The number of benzene rings is 1. The number of hydrogen-bond donors (Lipinski definition) is 2. The topological polar surface area (TPSA) is 126 Å². The van der Waals surface area contributed by atoms with Gasteiger partial charge in [0.15, 0.2) is 0 Å². The molecule has 2 aliphatic rings. The first kappa shape index (κ1) is 20.2. The van der Waals surface area contributed by atoms with Gasteiger partial charge in [0.1, 0.15) is 0 Å². The third kappa shape index (κ3) is 6.29. The number of hydrogen-bond acceptors (Lipinski definition) is 5. The summed E-state index contributed by atoms with van der Waals surface area (Å²) in [4.78, 5) is 19.9. The predicted molar refractivity (Wildman–Crippen MR) is 97.5 cm³/mol. The SMILES string of the molecule is C1CCC([NH2+]C2CCCCC2)CC1.Nc1cc([N+](=O)[O-])ccc1C(=O)[O-]. The van der Waals surface area contributed by atoms with Gasteiger partial charge in [0.2, 0.25) is 0 Å². The van der Waals surface area contributed by atoms with Crippen LogP contribution in [-0.2, 0) is 0 Å². The fourth-order valence-electron chi connectivity index (χ4n) is 3.89.